The summed E-state index contributed by atoms with van der Waals surface area (Å²) in [6.07, 6.45) is 62.2. The van der Waals surface area contributed by atoms with Crippen molar-refractivity contribution in [1.82, 2.24) is 5.32 Å². The molecule has 456 valence electrons. The van der Waals surface area contributed by atoms with E-state index in [1.54, 1.807) is 6.08 Å². The van der Waals surface area contributed by atoms with Crippen LogP contribution in [0.5, 0.6) is 0 Å². The summed E-state index contributed by atoms with van der Waals surface area (Å²) in [6, 6.07) is -0.833. The first-order valence-electron chi connectivity index (χ1n) is 32.9. The summed E-state index contributed by atoms with van der Waals surface area (Å²) < 4.78 is 16.7. The van der Waals surface area contributed by atoms with Crippen molar-refractivity contribution >= 4 is 11.9 Å². The fourth-order valence-corrected chi connectivity index (χ4v) is 10.2. The van der Waals surface area contributed by atoms with Gasteiger partial charge in [0.25, 0.3) is 0 Å². The number of amides is 1. The van der Waals surface area contributed by atoms with Crippen LogP contribution in [-0.4, -0.2) is 100 Å². The molecule has 0 spiro atoms. The zero-order chi connectivity index (χ0) is 56.6. The lowest BCUT2D eigenvalue weighted by molar-refractivity contribution is -0.302. The largest absolute Gasteiger partial charge is 0.466 e. The van der Waals surface area contributed by atoms with Crippen LogP contribution in [0.15, 0.2) is 48.6 Å². The molecule has 1 fully saturated rings. The summed E-state index contributed by atoms with van der Waals surface area (Å²) in [4.78, 5) is 25.1. The normalized spacial score (nSPS) is 18.8. The third kappa shape index (κ3) is 45.3. The maximum Gasteiger partial charge on any atom is 0.305 e. The van der Waals surface area contributed by atoms with E-state index in [1.807, 2.05) is 6.08 Å². The molecular formula is C67H123NO10. The number of esters is 1. The number of nitrogens with one attached hydrogen (secondary N) is 1. The molecule has 0 aromatic heterocycles. The Kier molecular flexibility index (Phi) is 53.3. The third-order valence-electron chi connectivity index (χ3n) is 15.4. The van der Waals surface area contributed by atoms with Crippen LogP contribution in [0.25, 0.3) is 0 Å². The molecule has 7 atom stereocenters. The van der Waals surface area contributed by atoms with Gasteiger partial charge in [0.05, 0.1) is 32.0 Å². The lowest BCUT2D eigenvalue weighted by Gasteiger charge is -2.40. The highest BCUT2D eigenvalue weighted by molar-refractivity contribution is 5.76. The number of carbonyl (C=O) groups excluding carboxylic acids is 2. The molecule has 0 aromatic carbocycles. The molecule has 1 aliphatic rings. The van der Waals surface area contributed by atoms with Crippen LogP contribution in [-0.2, 0) is 23.8 Å². The lowest BCUT2D eigenvalue weighted by Crippen LogP contribution is -2.60. The predicted octanol–water partition coefficient (Wildman–Crippen LogP) is 16.0. The first kappa shape index (κ1) is 73.6. The topological polar surface area (TPSA) is 175 Å². The van der Waals surface area contributed by atoms with Gasteiger partial charge in [0.15, 0.2) is 6.29 Å². The Balaban J connectivity index is 2.07. The van der Waals surface area contributed by atoms with Crippen molar-refractivity contribution < 1.29 is 49.3 Å². The number of aliphatic hydroxyl groups is 5. The van der Waals surface area contributed by atoms with E-state index < -0.39 is 49.5 Å². The van der Waals surface area contributed by atoms with Gasteiger partial charge in [-0.25, -0.2) is 0 Å². The van der Waals surface area contributed by atoms with Crippen molar-refractivity contribution in [1.29, 1.82) is 0 Å². The SMILES string of the molecule is CCCCCCCCCC/C=C/CC/C=C/C(O)C(COC1OC(CO)C(O)C(O)C1O)NC(=O)CCCCCCCCCCC/C=C\C/C=C\CCCCCCCCCCCOC(=O)CCCCCCCCCCCCC. The van der Waals surface area contributed by atoms with E-state index in [0.717, 1.165) is 83.5 Å². The van der Waals surface area contributed by atoms with E-state index in [0.29, 0.717) is 19.4 Å². The van der Waals surface area contributed by atoms with E-state index in [9.17, 15) is 35.1 Å². The molecule has 1 aliphatic heterocycles. The molecule has 78 heavy (non-hydrogen) atoms. The minimum Gasteiger partial charge on any atom is -0.466 e. The zero-order valence-corrected chi connectivity index (χ0v) is 50.4. The van der Waals surface area contributed by atoms with Gasteiger partial charge in [-0.3, -0.25) is 9.59 Å². The molecule has 6 N–H and O–H groups in total. The predicted molar refractivity (Wildman–Crippen MR) is 324 cm³/mol. The summed E-state index contributed by atoms with van der Waals surface area (Å²) in [5, 5.41) is 54.4. The second kappa shape index (κ2) is 56.5. The van der Waals surface area contributed by atoms with Gasteiger partial charge in [0, 0.05) is 12.8 Å². The Labute approximate surface area is 478 Å². The van der Waals surface area contributed by atoms with Crippen LogP contribution in [0.4, 0.5) is 0 Å². The van der Waals surface area contributed by atoms with Crippen molar-refractivity contribution in [3.8, 4) is 0 Å². The van der Waals surface area contributed by atoms with Crippen LogP contribution in [0.2, 0.25) is 0 Å². The van der Waals surface area contributed by atoms with E-state index in [-0.39, 0.29) is 18.5 Å². The van der Waals surface area contributed by atoms with Gasteiger partial charge in [-0.1, -0.05) is 262 Å². The summed E-state index contributed by atoms with van der Waals surface area (Å²) in [6.45, 7) is 4.33. The number of unbranched alkanes of at least 4 members (excludes halogenated alkanes) is 37. The number of carbonyl (C=O) groups is 2. The molecule has 7 unspecified atom stereocenters. The van der Waals surface area contributed by atoms with Gasteiger partial charge in [-0.05, 0) is 77.0 Å². The second-order valence-corrected chi connectivity index (χ2v) is 22.8. The average molecular weight is 1100 g/mol. The molecular weight excluding hydrogens is 979 g/mol. The smallest absolute Gasteiger partial charge is 0.305 e. The number of hydrogen-bond donors (Lipinski definition) is 6. The molecule has 1 heterocycles. The summed E-state index contributed by atoms with van der Waals surface area (Å²) >= 11 is 0. The van der Waals surface area contributed by atoms with Crippen molar-refractivity contribution in [2.45, 2.75) is 346 Å². The fraction of sp³-hybridized carbons (Fsp3) is 0.851. The molecule has 0 saturated carbocycles. The van der Waals surface area contributed by atoms with Crippen LogP contribution in [0, 0.1) is 0 Å². The van der Waals surface area contributed by atoms with Crippen molar-refractivity contribution in [2.75, 3.05) is 19.8 Å². The highest BCUT2D eigenvalue weighted by Crippen LogP contribution is 2.23. The highest BCUT2D eigenvalue weighted by Gasteiger charge is 2.44. The van der Waals surface area contributed by atoms with Gasteiger partial charge in [-0.15, -0.1) is 0 Å². The number of ether oxygens (including phenoxy) is 3. The molecule has 11 nitrogen and oxygen atoms in total. The maximum absolute atomic E-state index is 13.1. The van der Waals surface area contributed by atoms with Crippen molar-refractivity contribution in [3.63, 3.8) is 0 Å². The van der Waals surface area contributed by atoms with Gasteiger partial charge >= 0.3 is 5.97 Å². The van der Waals surface area contributed by atoms with E-state index in [1.165, 1.54) is 193 Å². The summed E-state index contributed by atoms with van der Waals surface area (Å²) in [5.74, 6) is -0.200. The number of hydrogen-bond acceptors (Lipinski definition) is 10. The molecule has 11 heteroatoms. The molecule has 1 saturated heterocycles. The Morgan fingerprint density at radius 1 is 0.474 bits per heavy atom. The van der Waals surface area contributed by atoms with Gasteiger partial charge in [0.1, 0.15) is 24.4 Å². The first-order chi connectivity index (χ1) is 38.2. The Hall–Kier alpha value is -2.38. The van der Waals surface area contributed by atoms with E-state index in [2.05, 4.69) is 55.6 Å². The molecule has 0 radical (unpaired) electrons. The maximum atomic E-state index is 13.1. The summed E-state index contributed by atoms with van der Waals surface area (Å²) in [7, 11) is 0. The lowest BCUT2D eigenvalue weighted by atomic mass is 9.99. The second-order valence-electron chi connectivity index (χ2n) is 22.8. The Morgan fingerprint density at radius 2 is 0.872 bits per heavy atom. The quantitative estimate of drug-likeness (QED) is 0.0195. The third-order valence-corrected chi connectivity index (χ3v) is 15.4. The minimum atomic E-state index is -1.58. The average Bonchev–Trinajstić information content (AvgIpc) is 3.45. The number of allylic oxidation sites excluding steroid dienone is 7. The monoisotopic (exact) mass is 1100 g/mol. The Bertz CT molecular complexity index is 1430. The van der Waals surface area contributed by atoms with Crippen LogP contribution < -0.4 is 5.32 Å². The molecule has 0 aliphatic carbocycles. The molecule has 0 aromatic rings. The molecule has 1 rings (SSSR count). The summed E-state index contributed by atoms with van der Waals surface area (Å²) in [5.41, 5.74) is 0. The zero-order valence-electron chi connectivity index (χ0n) is 50.4. The van der Waals surface area contributed by atoms with Crippen LogP contribution >= 0.6 is 0 Å². The van der Waals surface area contributed by atoms with Crippen LogP contribution in [0.1, 0.15) is 303 Å². The molecule has 0 bridgehead atoms. The Morgan fingerprint density at radius 3 is 1.35 bits per heavy atom. The van der Waals surface area contributed by atoms with Crippen molar-refractivity contribution in [2.24, 2.45) is 0 Å². The standard InChI is InChI=1S/C67H123NO10/c1-3-5-7-9-11-13-15-16-30-34-37-41-45-49-53-60(70)59(58-77-67-66(75)65(74)64(73)61(57-69)78-67)68-62(71)54-50-46-42-38-35-31-28-26-24-22-20-18-17-19-21-23-25-27-29-32-36-40-44-48-52-56-76-63(72)55-51-47-43-39-33-14-12-10-8-6-4-2/h18-21,34,37,49,53,59-61,64-67,69-70,73-75H,3-17,22-33,35-36,38-48,50-52,54-58H2,1-2H3,(H,68,71)/b20-18-,21-19-,37-34+,53-49+. The van der Waals surface area contributed by atoms with E-state index >= 15 is 0 Å². The first-order valence-corrected chi connectivity index (χ1v) is 32.9. The van der Waals surface area contributed by atoms with Gasteiger partial charge in [-0.2, -0.15) is 0 Å². The van der Waals surface area contributed by atoms with E-state index in [4.69, 9.17) is 14.2 Å². The minimum absolute atomic E-state index is 0.00242. The number of rotatable bonds is 57. The van der Waals surface area contributed by atoms with Crippen molar-refractivity contribution in [3.05, 3.63) is 48.6 Å². The molecule has 1 amide bonds. The van der Waals surface area contributed by atoms with Crippen LogP contribution in [0.3, 0.4) is 0 Å². The van der Waals surface area contributed by atoms with Gasteiger partial charge < -0.3 is 45.1 Å². The van der Waals surface area contributed by atoms with Gasteiger partial charge in [0.2, 0.25) is 5.91 Å². The highest BCUT2D eigenvalue weighted by atomic mass is 16.7. The number of aliphatic hydroxyl groups excluding tert-OH is 5. The fourth-order valence-electron chi connectivity index (χ4n) is 10.2.